The highest BCUT2D eigenvalue weighted by molar-refractivity contribution is 7.91. The van der Waals surface area contributed by atoms with E-state index in [-0.39, 0.29) is 18.4 Å². The highest BCUT2D eigenvalue weighted by Gasteiger charge is 2.34. The first-order valence-corrected chi connectivity index (χ1v) is 11.0. The monoisotopic (exact) mass is 384 g/mol. The van der Waals surface area contributed by atoms with Crippen LogP contribution in [0.1, 0.15) is 18.4 Å². The predicted octanol–water partition coefficient (Wildman–Crippen LogP) is 2.87. The van der Waals surface area contributed by atoms with Gasteiger partial charge in [-0.2, -0.15) is 15.6 Å². The molecule has 0 N–H and O–H groups in total. The van der Waals surface area contributed by atoms with Crippen LogP contribution in [-0.4, -0.2) is 43.7 Å². The Morgan fingerprint density at radius 3 is 2.88 bits per heavy atom. The molecule has 130 valence electrons. The quantitative estimate of drug-likeness (QED) is 0.796. The van der Waals surface area contributed by atoms with Crippen LogP contribution in [0, 0.1) is 5.92 Å². The summed E-state index contributed by atoms with van der Waals surface area (Å²) >= 11 is 2.83. The standard InChI is InChI=1S/C16H20N2O3S3/c1-17(10-13-6-9-22-12-13)16(19)14-4-2-7-18(11-14)24(20,21)15-5-3-8-23-15/h3,5-6,8-9,12,14H,2,4,7,10-11H2,1H3. The van der Waals surface area contributed by atoms with E-state index in [1.165, 1.54) is 15.6 Å². The second-order valence-electron chi connectivity index (χ2n) is 5.96. The third-order valence-corrected chi connectivity index (χ3v) is 8.17. The van der Waals surface area contributed by atoms with Crippen molar-refractivity contribution in [3.05, 3.63) is 39.9 Å². The summed E-state index contributed by atoms with van der Waals surface area (Å²) in [6, 6.07) is 5.36. The van der Waals surface area contributed by atoms with Crippen LogP contribution in [0.4, 0.5) is 0 Å². The van der Waals surface area contributed by atoms with Crippen molar-refractivity contribution in [2.75, 3.05) is 20.1 Å². The molecule has 0 radical (unpaired) electrons. The Bertz CT molecular complexity index is 770. The van der Waals surface area contributed by atoms with Gasteiger partial charge < -0.3 is 4.90 Å². The summed E-state index contributed by atoms with van der Waals surface area (Å²) in [5.74, 6) is -0.246. The fourth-order valence-electron chi connectivity index (χ4n) is 2.95. The summed E-state index contributed by atoms with van der Waals surface area (Å²) in [6.07, 6.45) is 1.45. The van der Waals surface area contributed by atoms with E-state index in [0.29, 0.717) is 23.7 Å². The molecule has 5 nitrogen and oxygen atoms in total. The number of nitrogens with zero attached hydrogens (tertiary/aromatic N) is 2. The summed E-state index contributed by atoms with van der Waals surface area (Å²) in [5, 5.41) is 5.77. The zero-order valence-corrected chi connectivity index (χ0v) is 15.9. The van der Waals surface area contributed by atoms with E-state index in [1.54, 1.807) is 40.8 Å². The van der Waals surface area contributed by atoms with Gasteiger partial charge in [-0.05, 0) is 46.7 Å². The van der Waals surface area contributed by atoms with Gasteiger partial charge in [0.15, 0.2) is 0 Å². The molecule has 3 rings (SSSR count). The molecule has 1 amide bonds. The number of carbonyl (C=O) groups is 1. The zero-order chi connectivity index (χ0) is 17.2. The lowest BCUT2D eigenvalue weighted by Gasteiger charge is -2.32. The van der Waals surface area contributed by atoms with Crippen LogP contribution in [0.25, 0.3) is 0 Å². The first kappa shape index (κ1) is 17.6. The molecule has 2 aromatic rings. The van der Waals surface area contributed by atoms with Crippen LogP contribution in [0.15, 0.2) is 38.5 Å². The lowest BCUT2D eigenvalue weighted by molar-refractivity contribution is -0.135. The average Bonchev–Trinajstić information content (AvgIpc) is 3.28. The Morgan fingerprint density at radius 2 is 2.21 bits per heavy atom. The molecule has 24 heavy (non-hydrogen) atoms. The van der Waals surface area contributed by atoms with E-state index in [0.717, 1.165) is 12.0 Å². The molecule has 1 atom stereocenters. The van der Waals surface area contributed by atoms with Crippen molar-refractivity contribution in [2.45, 2.75) is 23.6 Å². The van der Waals surface area contributed by atoms with Gasteiger partial charge in [-0.15, -0.1) is 11.3 Å². The van der Waals surface area contributed by atoms with Gasteiger partial charge in [0.25, 0.3) is 10.0 Å². The molecule has 0 saturated carbocycles. The molecular weight excluding hydrogens is 364 g/mol. The Balaban J connectivity index is 1.68. The van der Waals surface area contributed by atoms with Gasteiger partial charge in [0.1, 0.15) is 4.21 Å². The number of hydrogen-bond acceptors (Lipinski definition) is 5. The molecule has 8 heteroatoms. The molecule has 2 aromatic heterocycles. The van der Waals surface area contributed by atoms with Crippen LogP contribution in [0.5, 0.6) is 0 Å². The van der Waals surface area contributed by atoms with Gasteiger partial charge >= 0.3 is 0 Å². The van der Waals surface area contributed by atoms with Crippen LogP contribution in [0.2, 0.25) is 0 Å². The predicted molar refractivity (Wildman–Crippen MR) is 96.6 cm³/mol. The van der Waals surface area contributed by atoms with Gasteiger partial charge in [0, 0.05) is 26.7 Å². The Morgan fingerprint density at radius 1 is 1.38 bits per heavy atom. The molecule has 0 aromatic carbocycles. The fourth-order valence-corrected chi connectivity index (χ4v) is 6.27. The van der Waals surface area contributed by atoms with Crippen LogP contribution in [0.3, 0.4) is 0 Å². The number of thiophene rings is 2. The van der Waals surface area contributed by atoms with Crippen molar-refractivity contribution in [3.63, 3.8) is 0 Å². The minimum Gasteiger partial charge on any atom is -0.341 e. The molecule has 0 aliphatic carbocycles. The third kappa shape index (κ3) is 3.72. The minimum absolute atomic E-state index is 0.0206. The summed E-state index contributed by atoms with van der Waals surface area (Å²) in [6.45, 7) is 1.32. The number of carbonyl (C=O) groups excluding carboxylic acids is 1. The molecule has 3 heterocycles. The normalized spacial score (nSPS) is 19.3. The maximum atomic E-state index is 12.7. The Kier molecular flexibility index (Phi) is 5.39. The molecule has 0 spiro atoms. The summed E-state index contributed by atoms with van der Waals surface area (Å²) in [5.41, 5.74) is 1.11. The molecule has 1 saturated heterocycles. The van der Waals surface area contributed by atoms with Crippen molar-refractivity contribution in [3.8, 4) is 0 Å². The maximum Gasteiger partial charge on any atom is 0.252 e. The SMILES string of the molecule is CN(Cc1ccsc1)C(=O)C1CCCN(S(=O)(=O)c2cccs2)C1. The lowest BCUT2D eigenvalue weighted by atomic mass is 9.98. The largest absolute Gasteiger partial charge is 0.341 e. The van der Waals surface area contributed by atoms with Crippen molar-refractivity contribution < 1.29 is 13.2 Å². The molecule has 0 bridgehead atoms. The van der Waals surface area contributed by atoms with Crippen molar-refractivity contribution in [1.29, 1.82) is 0 Å². The Hall–Kier alpha value is -1.22. The number of rotatable bonds is 5. The maximum absolute atomic E-state index is 12.7. The first-order valence-electron chi connectivity index (χ1n) is 7.78. The third-order valence-electron chi connectivity index (χ3n) is 4.20. The van der Waals surface area contributed by atoms with Gasteiger partial charge in [-0.25, -0.2) is 8.42 Å². The van der Waals surface area contributed by atoms with Gasteiger partial charge in [0.05, 0.1) is 5.92 Å². The number of piperidine rings is 1. The highest BCUT2D eigenvalue weighted by atomic mass is 32.2. The summed E-state index contributed by atoms with van der Waals surface area (Å²) in [4.78, 5) is 14.4. The molecular formula is C16H20N2O3S3. The van der Waals surface area contributed by atoms with Crippen molar-refractivity contribution in [2.24, 2.45) is 5.92 Å². The van der Waals surface area contributed by atoms with Crippen LogP contribution < -0.4 is 0 Å². The number of amides is 1. The van der Waals surface area contributed by atoms with Crippen molar-refractivity contribution >= 4 is 38.6 Å². The second-order valence-corrected chi connectivity index (χ2v) is 9.85. The van der Waals surface area contributed by atoms with E-state index in [2.05, 4.69) is 0 Å². The molecule has 1 unspecified atom stereocenters. The lowest BCUT2D eigenvalue weighted by Crippen LogP contribution is -2.45. The second kappa shape index (κ2) is 7.35. The van der Waals surface area contributed by atoms with E-state index in [1.807, 2.05) is 16.8 Å². The minimum atomic E-state index is -3.48. The van der Waals surface area contributed by atoms with Gasteiger partial charge in [0.2, 0.25) is 5.91 Å². The van der Waals surface area contributed by atoms with E-state index in [4.69, 9.17) is 0 Å². The van der Waals surface area contributed by atoms with E-state index in [9.17, 15) is 13.2 Å². The highest BCUT2D eigenvalue weighted by Crippen LogP contribution is 2.27. The van der Waals surface area contributed by atoms with Crippen LogP contribution >= 0.6 is 22.7 Å². The number of hydrogen-bond donors (Lipinski definition) is 0. The topological polar surface area (TPSA) is 57.7 Å². The van der Waals surface area contributed by atoms with Gasteiger partial charge in [-0.3, -0.25) is 4.79 Å². The molecule has 1 aliphatic heterocycles. The van der Waals surface area contributed by atoms with Gasteiger partial charge in [-0.1, -0.05) is 6.07 Å². The fraction of sp³-hybridized carbons (Fsp3) is 0.438. The zero-order valence-electron chi connectivity index (χ0n) is 13.4. The Labute approximate surface area is 150 Å². The summed E-state index contributed by atoms with van der Waals surface area (Å²) < 4.78 is 27.1. The molecule has 1 aliphatic rings. The molecule has 1 fully saturated rings. The van der Waals surface area contributed by atoms with E-state index >= 15 is 0 Å². The smallest absolute Gasteiger partial charge is 0.252 e. The first-order chi connectivity index (χ1) is 11.5. The number of sulfonamides is 1. The summed E-state index contributed by atoms with van der Waals surface area (Å²) in [7, 11) is -1.69. The average molecular weight is 385 g/mol. The van der Waals surface area contributed by atoms with Crippen LogP contribution in [-0.2, 0) is 21.4 Å². The van der Waals surface area contributed by atoms with Crippen molar-refractivity contribution in [1.82, 2.24) is 9.21 Å². The van der Waals surface area contributed by atoms with E-state index < -0.39 is 10.0 Å².